The number of hydrogen-bond donors (Lipinski definition) is 0. The van der Waals surface area contributed by atoms with Crippen molar-refractivity contribution >= 4 is 62.0 Å². The number of anilines is 3. The van der Waals surface area contributed by atoms with E-state index >= 15 is 0 Å². The molecule has 4 nitrogen and oxygen atoms in total. The van der Waals surface area contributed by atoms with Crippen LogP contribution in [0.25, 0.3) is 49.7 Å². The first kappa shape index (κ1) is 35.0. The van der Waals surface area contributed by atoms with E-state index in [-0.39, 0.29) is 12.1 Å². The van der Waals surface area contributed by atoms with Crippen LogP contribution in [0.4, 0.5) is 17.1 Å². The predicted octanol–water partition coefficient (Wildman–Crippen LogP) is 13.0. The van der Waals surface area contributed by atoms with E-state index in [1.54, 1.807) is 0 Å². The lowest BCUT2D eigenvalue weighted by Crippen LogP contribution is -2.57. The normalized spacial score (nSPS) is 13.7. The van der Waals surface area contributed by atoms with Gasteiger partial charge in [0.25, 0.3) is 6.71 Å². The molecule has 1 aromatic heterocycles. The molecule has 3 aliphatic rings. The maximum Gasteiger partial charge on any atom is 0.260 e. The second-order valence-electron chi connectivity index (χ2n) is 17.3. The fraction of sp³-hybridized carbons (Fsp3) is 0.0526. The highest BCUT2D eigenvalue weighted by Crippen LogP contribution is 2.52. The van der Waals surface area contributed by atoms with Crippen molar-refractivity contribution in [1.82, 2.24) is 4.57 Å². The number of benzene rings is 9. The smallest absolute Gasteiger partial charge is 0.260 e. The summed E-state index contributed by atoms with van der Waals surface area (Å²) in [6.07, 6.45) is 0. The monoisotopic (exact) mass is 794 g/mol. The molecule has 2 aliphatic heterocycles. The van der Waals surface area contributed by atoms with Crippen LogP contribution >= 0.6 is 0 Å². The van der Waals surface area contributed by atoms with E-state index in [9.17, 15) is 0 Å². The van der Waals surface area contributed by atoms with Gasteiger partial charge in [-0.3, -0.25) is 0 Å². The Labute approximate surface area is 361 Å². The summed E-state index contributed by atoms with van der Waals surface area (Å²) >= 11 is 0. The average molecular weight is 795 g/mol. The molecular formula is C57H39BN2O2. The topological polar surface area (TPSA) is 26.6 Å². The number of para-hydroxylation sites is 4. The van der Waals surface area contributed by atoms with Crippen LogP contribution in [0.1, 0.15) is 25.0 Å². The lowest BCUT2D eigenvalue weighted by Gasteiger charge is -2.34. The molecule has 62 heavy (non-hydrogen) atoms. The van der Waals surface area contributed by atoms with E-state index in [0.717, 1.165) is 78.8 Å². The summed E-state index contributed by atoms with van der Waals surface area (Å²) in [4.78, 5) is 2.35. The summed E-state index contributed by atoms with van der Waals surface area (Å²) < 4.78 is 16.6. The van der Waals surface area contributed by atoms with Crippen molar-refractivity contribution in [3.8, 4) is 50.9 Å². The quantitative estimate of drug-likeness (QED) is 0.162. The molecule has 0 atom stereocenters. The summed E-state index contributed by atoms with van der Waals surface area (Å²) in [5, 5.41) is 2.42. The van der Waals surface area contributed by atoms with Gasteiger partial charge in [-0.05, 0) is 117 Å². The second kappa shape index (κ2) is 13.1. The molecule has 0 amide bonds. The highest BCUT2D eigenvalue weighted by molar-refractivity contribution is 6.98. The zero-order valence-electron chi connectivity index (χ0n) is 34.3. The van der Waals surface area contributed by atoms with Crippen molar-refractivity contribution in [3.63, 3.8) is 0 Å². The Hall–Kier alpha value is -7.76. The van der Waals surface area contributed by atoms with Crippen molar-refractivity contribution < 1.29 is 9.47 Å². The maximum absolute atomic E-state index is 7.12. The summed E-state index contributed by atoms with van der Waals surface area (Å²) in [5.74, 6) is 3.44. The molecule has 0 bridgehead atoms. The van der Waals surface area contributed by atoms with Gasteiger partial charge < -0.3 is 18.9 Å². The van der Waals surface area contributed by atoms with Crippen molar-refractivity contribution in [2.75, 3.05) is 4.90 Å². The van der Waals surface area contributed by atoms with Gasteiger partial charge in [0.05, 0.1) is 11.0 Å². The summed E-state index contributed by atoms with van der Waals surface area (Å²) in [7, 11) is 0. The number of rotatable bonds is 5. The highest BCUT2D eigenvalue weighted by atomic mass is 16.5. The maximum atomic E-state index is 7.12. The Balaban J connectivity index is 1.03. The predicted molar refractivity (Wildman–Crippen MR) is 256 cm³/mol. The largest absolute Gasteiger partial charge is 0.458 e. The minimum Gasteiger partial charge on any atom is -0.458 e. The van der Waals surface area contributed by atoms with E-state index in [2.05, 4.69) is 224 Å². The number of hydrogen-bond acceptors (Lipinski definition) is 3. The van der Waals surface area contributed by atoms with Gasteiger partial charge >= 0.3 is 0 Å². The van der Waals surface area contributed by atoms with Crippen LogP contribution in [-0.4, -0.2) is 11.3 Å². The van der Waals surface area contributed by atoms with Gasteiger partial charge in [0.2, 0.25) is 0 Å². The first-order valence-corrected chi connectivity index (χ1v) is 21.4. The first-order valence-electron chi connectivity index (χ1n) is 21.4. The Kier molecular flexibility index (Phi) is 7.42. The molecule has 0 fully saturated rings. The Morgan fingerprint density at radius 3 is 1.71 bits per heavy atom. The third kappa shape index (κ3) is 5.09. The third-order valence-electron chi connectivity index (χ3n) is 13.5. The second-order valence-corrected chi connectivity index (χ2v) is 17.3. The van der Waals surface area contributed by atoms with Gasteiger partial charge in [0.15, 0.2) is 0 Å². The van der Waals surface area contributed by atoms with E-state index < -0.39 is 0 Å². The van der Waals surface area contributed by atoms with Crippen molar-refractivity contribution in [3.05, 3.63) is 211 Å². The average Bonchev–Trinajstić information content (AvgIpc) is 3.75. The van der Waals surface area contributed by atoms with E-state index in [1.165, 1.54) is 38.5 Å². The number of nitrogens with zero attached hydrogens (tertiary/aromatic N) is 2. The number of fused-ring (bicyclic) bond motifs is 10. The first-order chi connectivity index (χ1) is 30.5. The van der Waals surface area contributed by atoms with Crippen molar-refractivity contribution in [1.29, 1.82) is 0 Å². The fourth-order valence-electron chi connectivity index (χ4n) is 10.6. The van der Waals surface area contributed by atoms with Gasteiger partial charge in [-0.1, -0.05) is 135 Å². The van der Waals surface area contributed by atoms with Gasteiger partial charge in [-0.2, -0.15) is 0 Å². The Morgan fingerprint density at radius 1 is 0.435 bits per heavy atom. The number of ether oxygens (including phenoxy) is 2. The van der Waals surface area contributed by atoms with Gasteiger partial charge in [-0.15, -0.1) is 0 Å². The van der Waals surface area contributed by atoms with Crippen LogP contribution in [-0.2, 0) is 5.41 Å². The SMILES string of the molecule is CC1(C)c2cc(N(c3ccccc3)c3ccccc3)ccc2-c2cc3c(cc21)Oc1cc(-c2ccccc2)cc2c1B3c1cc3c4ccccc4n(-c4ccccc4)c3cc1O2. The van der Waals surface area contributed by atoms with Crippen LogP contribution in [0.3, 0.4) is 0 Å². The molecule has 0 spiro atoms. The standard InChI is InChI=1S/C57H39BN2O2/c1-57(2)46-31-41(59(38-19-9-4-10-20-38)39-21-11-5-12-22-39)27-28-42(46)44-32-48-52(34-47(44)57)61-54-29-37(36-17-7-3-8-18-36)30-55-56(54)58(48)49-33-45-43-25-15-16-26-50(43)60(40-23-13-6-14-24-40)51(45)35-53(49)62-55/h3-35H,1-2H3. The summed E-state index contributed by atoms with van der Waals surface area (Å²) in [5.41, 5.74) is 17.1. The summed E-state index contributed by atoms with van der Waals surface area (Å²) in [6.45, 7) is 4.60. The van der Waals surface area contributed by atoms with Crippen LogP contribution in [0.15, 0.2) is 200 Å². The molecule has 0 saturated carbocycles. The van der Waals surface area contributed by atoms with Crippen LogP contribution < -0.4 is 30.8 Å². The molecular weight excluding hydrogens is 755 g/mol. The molecule has 5 heteroatoms. The molecule has 0 N–H and O–H groups in total. The minimum absolute atomic E-state index is 0.107. The lowest BCUT2D eigenvalue weighted by atomic mass is 9.34. The van der Waals surface area contributed by atoms with Gasteiger partial charge in [-0.25, -0.2) is 0 Å². The van der Waals surface area contributed by atoms with E-state index in [4.69, 9.17) is 9.47 Å². The van der Waals surface area contributed by atoms with Crippen LogP contribution in [0, 0.1) is 0 Å². The highest BCUT2D eigenvalue weighted by Gasteiger charge is 2.44. The molecule has 0 saturated heterocycles. The van der Waals surface area contributed by atoms with Crippen molar-refractivity contribution in [2.24, 2.45) is 0 Å². The lowest BCUT2D eigenvalue weighted by molar-refractivity contribution is 0.464. The Bertz CT molecular complexity index is 3390. The molecule has 1 aliphatic carbocycles. The molecule has 292 valence electrons. The fourth-order valence-corrected chi connectivity index (χ4v) is 10.6. The third-order valence-corrected chi connectivity index (χ3v) is 13.5. The van der Waals surface area contributed by atoms with Gasteiger partial charge in [0.1, 0.15) is 23.0 Å². The molecule has 10 aromatic rings. The minimum atomic E-state index is -0.283. The van der Waals surface area contributed by atoms with E-state index in [1.807, 2.05) is 0 Å². The van der Waals surface area contributed by atoms with Gasteiger partial charge in [0, 0.05) is 50.5 Å². The molecule has 0 radical (unpaired) electrons. The Morgan fingerprint density at radius 2 is 1.02 bits per heavy atom. The zero-order chi connectivity index (χ0) is 41.1. The summed E-state index contributed by atoms with van der Waals surface area (Å²) in [6, 6.07) is 72.0. The van der Waals surface area contributed by atoms with E-state index in [0.29, 0.717) is 0 Å². The molecule has 13 rings (SSSR count). The van der Waals surface area contributed by atoms with Crippen LogP contribution in [0.5, 0.6) is 23.0 Å². The molecule has 3 heterocycles. The number of aromatic nitrogens is 1. The van der Waals surface area contributed by atoms with Crippen molar-refractivity contribution in [2.45, 2.75) is 19.3 Å². The zero-order valence-corrected chi connectivity index (χ0v) is 34.3. The van der Waals surface area contributed by atoms with Crippen LogP contribution in [0.2, 0.25) is 0 Å². The molecule has 0 unspecified atom stereocenters. The molecule has 9 aromatic carbocycles.